The van der Waals surface area contributed by atoms with Gasteiger partial charge in [0.05, 0.1) is 5.76 Å². The quantitative estimate of drug-likeness (QED) is 0.0692. The van der Waals surface area contributed by atoms with E-state index in [0.29, 0.717) is 0 Å². The summed E-state index contributed by atoms with van der Waals surface area (Å²) >= 11 is 1.84. The molecule has 4 nitrogen and oxygen atoms in total. The minimum absolute atomic E-state index is 0. The maximum Gasteiger partial charge on any atom is 0.206 e. The Morgan fingerprint density at radius 2 is 1.52 bits per heavy atom. The molecule has 2 aromatic heterocycles. The van der Waals surface area contributed by atoms with E-state index in [0.717, 1.165) is 42.3 Å². The first kappa shape index (κ1) is 42.0. The van der Waals surface area contributed by atoms with E-state index in [1.807, 2.05) is 45.2 Å². The van der Waals surface area contributed by atoms with Gasteiger partial charge in [0.1, 0.15) is 0 Å². The predicted octanol–water partition coefficient (Wildman–Crippen LogP) is 11.6. The number of carbonyl (C=O) groups excluding carboxylic acids is 1. The molecule has 6 rings (SSSR count). The fourth-order valence-corrected chi connectivity index (χ4v) is 18.9. The molecule has 8 heteroatoms. The Morgan fingerprint density at radius 1 is 0.885 bits per heavy atom. The van der Waals surface area contributed by atoms with Crippen molar-refractivity contribution in [2.24, 2.45) is 11.8 Å². The largest absolute Gasteiger partial charge is 0.512 e. The number of benzene rings is 3. The summed E-state index contributed by atoms with van der Waals surface area (Å²) in [4.78, 5) is 17.9. The van der Waals surface area contributed by atoms with Crippen LogP contribution in [0.5, 0.6) is 0 Å². The van der Waals surface area contributed by atoms with E-state index in [1.165, 1.54) is 47.9 Å². The fraction of sp³-hybridized carbons (Fsp3) is 0.409. The predicted molar refractivity (Wildman–Crippen MR) is 225 cm³/mol. The zero-order chi connectivity index (χ0) is 37.3. The van der Waals surface area contributed by atoms with Crippen molar-refractivity contribution in [2.45, 2.75) is 106 Å². The van der Waals surface area contributed by atoms with E-state index in [4.69, 9.17) is 9.10 Å². The minimum atomic E-state index is -1.86. The Hall–Kier alpha value is -2.72. The summed E-state index contributed by atoms with van der Waals surface area (Å²) in [6, 6.07) is 26.1. The number of rotatable bonds is 9. The maximum absolute atomic E-state index is 11.7. The number of carbonyl (C=O) groups is 1. The number of ketones is 1. The third kappa shape index (κ3) is 8.80. The smallest absolute Gasteiger partial charge is 0.206 e. The SMILES string of the molecule is CC(C)(C)c1cc(-c2nccc3cc(-c4ccc5c(c4)[Si](C)(C)O[Si]5(C)C)sc23)[c-]c2ccccc12.CCC(CC)C(=O)/C=C(\O)C(CC)CC.[Ir]. The van der Waals surface area contributed by atoms with E-state index in [-0.39, 0.29) is 48.9 Å². The molecule has 1 radical (unpaired) electrons. The molecule has 1 N–H and O–H groups in total. The second kappa shape index (κ2) is 16.7. The Kier molecular flexibility index (Phi) is 13.5. The van der Waals surface area contributed by atoms with Gasteiger partial charge in [0.25, 0.3) is 0 Å². The maximum atomic E-state index is 11.7. The molecule has 279 valence electrons. The Morgan fingerprint density at radius 3 is 2.15 bits per heavy atom. The molecular weight excluding hydrogens is 871 g/mol. The first-order chi connectivity index (χ1) is 24.0. The van der Waals surface area contributed by atoms with Gasteiger partial charge in [-0.25, -0.2) is 0 Å². The molecule has 0 atom stereocenters. The van der Waals surface area contributed by atoms with Crippen molar-refractivity contribution in [3.63, 3.8) is 0 Å². The van der Waals surface area contributed by atoms with Crippen LogP contribution in [0.25, 0.3) is 42.6 Å². The molecule has 0 saturated heterocycles. The fourth-order valence-electron chi connectivity index (χ4n) is 7.53. The van der Waals surface area contributed by atoms with Gasteiger partial charge in [-0.05, 0) is 90.7 Å². The van der Waals surface area contributed by atoms with Crippen molar-refractivity contribution in [1.82, 2.24) is 4.98 Å². The van der Waals surface area contributed by atoms with Crippen molar-refractivity contribution in [3.8, 4) is 21.7 Å². The van der Waals surface area contributed by atoms with E-state index in [9.17, 15) is 9.90 Å². The van der Waals surface area contributed by atoms with Gasteiger partial charge < -0.3 is 9.22 Å². The van der Waals surface area contributed by atoms with Crippen LogP contribution in [0.15, 0.2) is 78.7 Å². The topological polar surface area (TPSA) is 59.4 Å². The molecule has 0 unspecified atom stereocenters. The molecule has 0 bridgehead atoms. The molecule has 0 fully saturated rings. The van der Waals surface area contributed by atoms with Crippen molar-refractivity contribution in [2.75, 3.05) is 0 Å². The molecule has 1 aliphatic heterocycles. The number of pyridine rings is 1. The molecule has 0 saturated carbocycles. The Labute approximate surface area is 331 Å². The van der Waals surface area contributed by atoms with Gasteiger partial charge in [0.15, 0.2) is 5.78 Å². The molecule has 3 heterocycles. The summed E-state index contributed by atoms with van der Waals surface area (Å²) < 4.78 is 7.90. The summed E-state index contributed by atoms with van der Waals surface area (Å²) in [5.41, 5.74) is 4.74. The average molecular weight is 927 g/mol. The van der Waals surface area contributed by atoms with Crippen molar-refractivity contribution in [1.29, 1.82) is 0 Å². The van der Waals surface area contributed by atoms with Gasteiger partial charge in [-0.15, -0.1) is 40.5 Å². The molecule has 0 aliphatic carbocycles. The Balaban J connectivity index is 0.000000323. The van der Waals surface area contributed by atoms with Gasteiger partial charge in [-0.2, -0.15) is 0 Å². The van der Waals surface area contributed by atoms with Crippen LogP contribution in [0.3, 0.4) is 0 Å². The first-order valence-electron chi connectivity index (χ1n) is 18.7. The van der Waals surface area contributed by atoms with Gasteiger partial charge in [-0.1, -0.05) is 95.8 Å². The number of thiophene rings is 1. The van der Waals surface area contributed by atoms with Crippen molar-refractivity contribution >= 4 is 65.0 Å². The zero-order valence-corrected chi connectivity index (χ0v) is 38.1. The summed E-state index contributed by atoms with van der Waals surface area (Å²) in [6.07, 6.45) is 6.85. The number of aromatic nitrogens is 1. The molecule has 3 aromatic carbocycles. The minimum Gasteiger partial charge on any atom is -0.512 e. The normalized spacial score (nSPS) is 15.1. The van der Waals surface area contributed by atoms with Crippen molar-refractivity contribution in [3.05, 3.63) is 90.3 Å². The van der Waals surface area contributed by atoms with Crippen LogP contribution in [0.2, 0.25) is 26.2 Å². The van der Waals surface area contributed by atoms with Crippen LogP contribution in [-0.4, -0.2) is 32.5 Å². The Bertz CT molecular complexity index is 2070. The summed E-state index contributed by atoms with van der Waals surface area (Å²) in [5.74, 6) is 0.547. The van der Waals surface area contributed by atoms with Crippen LogP contribution in [0, 0.1) is 17.9 Å². The van der Waals surface area contributed by atoms with Crippen LogP contribution in [0.4, 0.5) is 0 Å². The standard InChI is InChI=1S/C31H32NOSSi2.C13H24O2.Ir/c1-31(2,3)25-17-23(16-20-10-8-9-11-24(20)25)29-30-22(14-15-32-29)18-26(34-30)21-12-13-27-28(19-21)36(6,7)33-35(27,4)5;1-5-10(6-2)12(14)9-13(15)11(7-3)8-4;/h8-15,17-19H,1-7H3;9-11,14H,5-8H2,1-4H3;/q-1;;/b;12-9-;. The molecule has 5 aromatic rings. The summed E-state index contributed by atoms with van der Waals surface area (Å²) in [7, 11) is -3.66. The van der Waals surface area contributed by atoms with E-state index >= 15 is 0 Å². The third-order valence-electron chi connectivity index (χ3n) is 10.5. The zero-order valence-electron chi connectivity index (χ0n) is 32.9. The van der Waals surface area contributed by atoms with Gasteiger partial charge in [-0.3, -0.25) is 9.78 Å². The summed E-state index contributed by atoms with van der Waals surface area (Å²) in [5, 5.41) is 16.4. The summed E-state index contributed by atoms with van der Waals surface area (Å²) in [6.45, 7) is 24.3. The van der Waals surface area contributed by atoms with Gasteiger partial charge >= 0.3 is 0 Å². The second-order valence-electron chi connectivity index (χ2n) is 16.0. The van der Waals surface area contributed by atoms with E-state index in [1.54, 1.807) is 0 Å². The monoisotopic (exact) mass is 927 g/mol. The number of aliphatic hydroxyl groups excluding tert-OH is 1. The van der Waals surface area contributed by atoms with E-state index < -0.39 is 16.6 Å². The number of fused-ring (bicyclic) bond motifs is 3. The molecular formula is C44H56IrNO3SSi2-. The molecule has 52 heavy (non-hydrogen) atoms. The van der Waals surface area contributed by atoms with Crippen LogP contribution < -0.4 is 10.4 Å². The van der Waals surface area contributed by atoms with Crippen LogP contribution in [-0.2, 0) is 34.4 Å². The van der Waals surface area contributed by atoms with Gasteiger partial charge in [0.2, 0.25) is 16.6 Å². The van der Waals surface area contributed by atoms with Gasteiger partial charge in [0, 0.05) is 59.5 Å². The number of allylic oxidation sites excluding steroid dienone is 2. The first-order valence-corrected chi connectivity index (χ1v) is 25.3. The number of hydrogen-bond donors (Lipinski definition) is 1. The number of aliphatic hydroxyl groups is 1. The van der Waals surface area contributed by atoms with Crippen molar-refractivity contribution < 1.29 is 34.1 Å². The third-order valence-corrected chi connectivity index (χ3v) is 19.4. The average Bonchev–Trinajstić information content (AvgIpc) is 3.60. The second-order valence-corrected chi connectivity index (χ2v) is 24.9. The van der Waals surface area contributed by atoms with Crippen LogP contribution in [0.1, 0.15) is 79.7 Å². The number of hydrogen-bond acceptors (Lipinski definition) is 5. The number of nitrogens with zero attached hydrogens (tertiary/aromatic N) is 1. The molecule has 1 aliphatic rings. The van der Waals surface area contributed by atoms with Crippen LogP contribution >= 0.6 is 11.3 Å². The molecule has 0 spiro atoms. The molecule has 0 amide bonds. The van der Waals surface area contributed by atoms with E-state index in [2.05, 4.69) is 114 Å².